The van der Waals surface area contributed by atoms with Crippen LogP contribution in [0.2, 0.25) is 5.02 Å². The molecule has 1 aliphatic carbocycles. The van der Waals surface area contributed by atoms with Gasteiger partial charge in [0.05, 0.1) is 17.0 Å². The number of benzene rings is 1. The van der Waals surface area contributed by atoms with Crippen molar-refractivity contribution in [2.24, 2.45) is 11.8 Å². The van der Waals surface area contributed by atoms with Gasteiger partial charge in [-0.3, -0.25) is 9.52 Å². The molecule has 0 saturated heterocycles. The van der Waals surface area contributed by atoms with Crippen LogP contribution in [-0.2, 0) is 14.8 Å². The van der Waals surface area contributed by atoms with Crippen LogP contribution >= 0.6 is 11.6 Å². The molecule has 7 heteroatoms. The van der Waals surface area contributed by atoms with Gasteiger partial charge in [-0.25, -0.2) is 8.42 Å². The Kier molecular flexibility index (Phi) is 3.73. The molecule has 2 N–H and O–H groups in total. The van der Waals surface area contributed by atoms with Gasteiger partial charge in [-0.2, -0.15) is 0 Å². The van der Waals surface area contributed by atoms with Gasteiger partial charge in [0, 0.05) is 11.6 Å². The Morgan fingerprint density at radius 3 is 2.53 bits per heavy atom. The molecule has 2 atom stereocenters. The Hall–Kier alpha value is -1.27. The number of sulfonamides is 1. The van der Waals surface area contributed by atoms with E-state index in [2.05, 4.69) is 10.0 Å². The van der Waals surface area contributed by atoms with Crippen molar-refractivity contribution < 1.29 is 13.2 Å². The number of hydrogen-bond donors (Lipinski definition) is 2. The average Bonchev–Trinajstić information content (AvgIpc) is 2.98. The van der Waals surface area contributed by atoms with E-state index in [4.69, 9.17) is 11.6 Å². The fraction of sp³-hybridized carbons (Fsp3) is 0.417. The summed E-state index contributed by atoms with van der Waals surface area (Å²) in [5, 5.41) is 3.01. The Labute approximate surface area is 117 Å². The molecule has 104 valence electrons. The minimum Gasteiger partial charge on any atom is -0.326 e. The zero-order valence-electron chi connectivity index (χ0n) is 10.6. The van der Waals surface area contributed by atoms with E-state index in [1.54, 1.807) is 6.07 Å². The van der Waals surface area contributed by atoms with Crippen LogP contribution in [0.1, 0.15) is 13.3 Å². The van der Waals surface area contributed by atoms with Crippen LogP contribution in [0.25, 0.3) is 0 Å². The molecule has 1 aromatic rings. The first kappa shape index (κ1) is 14.1. The van der Waals surface area contributed by atoms with E-state index in [-0.39, 0.29) is 16.8 Å². The molecule has 0 heterocycles. The second kappa shape index (κ2) is 5.02. The number of nitrogens with one attached hydrogen (secondary N) is 2. The minimum atomic E-state index is -3.37. The summed E-state index contributed by atoms with van der Waals surface area (Å²) in [7, 11) is -3.37. The van der Waals surface area contributed by atoms with Crippen molar-refractivity contribution in [3.63, 3.8) is 0 Å². The van der Waals surface area contributed by atoms with E-state index in [0.717, 1.165) is 12.7 Å². The highest BCUT2D eigenvalue weighted by molar-refractivity contribution is 7.92. The number of halogens is 1. The first-order chi connectivity index (χ1) is 8.76. The summed E-state index contributed by atoms with van der Waals surface area (Å²) in [6.45, 7) is 2.02. The summed E-state index contributed by atoms with van der Waals surface area (Å²) in [6.07, 6.45) is 1.96. The molecule has 1 fully saturated rings. The van der Waals surface area contributed by atoms with Crippen molar-refractivity contribution in [2.45, 2.75) is 13.3 Å². The van der Waals surface area contributed by atoms with Gasteiger partial charge in [-0.15, -0.1) is 0 Å². The zero-order chi connectivity index (χ0) is 14.2. The maximum atomic E-state index is 11.7. The number of hydrogen-bond acceptors (Lipinski definition) is 3. The minimum absolute atomic E-state index is 0.0209. The van der Waals surface area contributed by atoms with Gasteiger partial charge in [-0.05, 0) is 30.5 Å². The van der Waals surface area contributed by atoms with Gasteiger partial charge < -0.3 is 5.32 Å². The third kappa shape index (κ3) is 3.84. The van der Waals surface area contributed by atoms with E-state index in [1.165, 1.54) is 12.1 Å². The van der Waals surface area contributed by atoms with Crippen molar-refractivity contribution in [3.05, 3.63) is 23.2 Å². The van der Waals surface area contributed by atoms with Crippen LogP contribution < -0.4 is 10.0 Å². The van der Waals surface area contributed by atoms with E-state index in [1.807, 2.05) is 6.92 Å². The van der Waals surface area contributed by atoms with E-state index in [0.29, 0.717) is 17.3 Å². The first-order valence-electron chi connectivity index (χ1n) is 5.84. The molecule has 0 radical (unpaired) electrons. The van der Waals surface area contributed by atoms with Gasteiger partial charge in [0.2, 0.25) is 15.9 Å². The van der Waals surface area contributed by atoms with E-state index in [9.17, 15) is 13.2 Å². The maximum Gasteiger partial charge on any atom is 0.229 e. The quantitative estimate of drug-likeness (QED) is 0.896. The van der Waals surface area contributed by atoms with Crippen LogP contribution in [0.15, 0.2) is 18.2 Å². The third-order valence-electron chi connectivity index (χ3n) is 2.98. The number of amides is 1. The predicted molar refractivity (Wildman–Crippen MR) is 75.8 cm³/mol. The molecule has 0 spiro atoms. The number of rotatable bonds is 4. The lowest BCUT2D eigenvalue weighted by Crippen LogP contribution is -2.15. The van der Waals surface area contributed by atoms with Gasteiger partial charge in [0.15, 0.2) is 0 Å². The standard InChI is InChI=1S/C12H15ClN2O3S/c1-7-5-9(7)12(16)14-8-3-4-11(10(13)6-8)15-19(2,17)18/h3-4,6-7,9,15H,5H2,1-2H3,(H,14,16)/t7-,9+/m1/s1. The molecule has 0 bridgehead atoms. The van der Waals surface area contributed by atoms with Gasteiger partial charge in [0.1, 0.15) is 0 Å². The molecule has 19 heavy (non-hydrogen) atoms. The summed E-state index contributed by atoms with van der Waals surface area (Å²) >= 11 is 5.96. The predicted octanol–water partition coefficient (Wildman–Crippen LogP) is 2.31. The highest BCUT2D eigenvalue weighted by atomic mass is 35.5. The van der Waals surface area contributed by atoms with Crippen molar-refractivity contribution in [1.29, 1.82) is 0 Å². The molecule has 5 nitrogen and oxygen atoms in total. The Morgan fingerprint density at radius 1 is 1.42 bits per heavy atom. The summed E-state index contributed by atoms with van der Waals surface area (Å²) in [6, 6.07) is 4.67. The van der Waals surface area contributed by atoms with Crippen LogP contribution in [0.4, 0.5) is 11.4 Å². The number of anilines is 2. The molecule has 1 aromatic carbocycles. The number of carbonyl (C=O) groups excluding carboxylic acids is 1. The second-order valence-corrected chi connectivity index (χ2v) is 7.03. The van der Waals surface area contributed by atoms with Crippen LogP contribution in [0, 0.1) is 11.8 Å². The summed E-state index contributed by atoms with van der Waals surface area (Å²) in [5.74, 6) is 0.488. The topological polar surface area (TPSA) is 75.3 Å². The zero-order valence-corrected chi connectivity index (χ0v) is 12.2. The molecular formula is C12H15ClN2O3S. The summed E-state index contributed by atoms with van der Waals surface area (Å²) in [4.78, 5) is 11.7. The molecule has 2 rings (SSSR count). The van der Waals surface area contributed by atoms with Crippen molar-refractivity contribution in [3.8, 4) is 0 Å². The second-order valence-electron chi connectivity index (χ2n) is 4.88. The lowest BCUT2D eigenvalue weighted by molar-refractivity contribution is -0.117. The largest absolute Gasteiger partial charge is 0.326 e. The summed E-state index contributed by atoms with van der Waals surface area (Å²) in [5.41, 5.74) is 0.857. The lowest BCUT2D eigenvalue weighted by atomic mass is 10.2. The van der Waals surface area contributed by atoms with Crippen molar-refractivity contribution >= 4 is 38.9 Å². The van der Waals surface area contributed by atoms with Gasteiger partial charge in [0.25, 0.3) is 0 Å². The molecular weight excluding hydrogens is 288 g/mol. The molecule has 1 amide bonds. The highest BCUT2D eigenvalue weighted by Crippen LogP contribution is 2.38. The van der Waals surface area contributed by atoms with Crippen LogP contribution in [0.5, 0.6) is 0 Å². The maximum absolute atomic E-state index is 11.7. The number of carbonyl (C=O) groups is 1. The first-order valence-corrected chi connectivity index (χ1v) is 8.11. The molecule has 1 saturated carbocycles. The highest BCUT2D eigenvalue weighted by Gasteiger charge is 2.39. The SMILES string of the molecule is C[C@@H]1C[C@@H]1C(=O)Nc1ccc(NS(C)(=O)=O)c(Cl)c1. The fourth-order valence-electron chi connectivity index (χ4n) is 1.80. The molecule has 0 unspecified atom stereocenters. The van der Waals surface area contributed by atoms with Gasteiger partial charge in [-0.1, -0.05) is 18.5 Å². The van der Waals surface area contributed by atoms with Gasteiger partial charge >= 0.3 is 0 Å². The van der Waals surface area contributed by atoms with Crippen LogP contribution in [0.3, 0.4) is 0 Å². The van der Waals surface area contributed by atoms with Crippen molar-refractivity contribution in [2.75, 3.05) is 16.3 Å². The lowest BCUT2D eigenvalue weighted by Gasteiger charge is -2.09. The third-order valence-corrected chi connectivity index (χ3v) is 3.88. The van der Waals surface area contributed by atoms with Crippen LogP contribution in [-0.4, -0.2) is 20.6 Å². The molecule has 0 aliphatic heterocycles. The smallest absolute Gasteiger partial charge is 0.229 e. The normalized spacial score (nSPS) is 21.8. The monoisotopic (exact) mass is 302 g/mol. The molecule has 1 aliphatic rings. The van der Waals surface area contributed by atoms with Crippen molar-refractivity contribution in [1.82, 2.24) is 0 Å². The molecule has 0 aromatic heterocycles. The fourth-order valence-corrected chi connectivity index (χ4v) is 2.66. The average molecular weight is 303 g/mol. The Morgan fingerprint density at radius 2 is 2.05 bits per heavy atom. The van der Waals surface area contributed by atoms with E-state index < -0.39 is 10.0 Å². The Bertz CT molecular complexity index is 615. The summed E-state index contributed by atoms with van der Waals surface area (Å²) < 4.78 is 24.5. The Balaban J connectivity index is 2.08. The van der Waals surface area contributed by atoms with E-state index >= 15 is 0 Å².